The zero-order chi connectivity index (χ0) is 14.3. The minimum absolute atomic E-state index is 0.563. The van der Waals surface area contributed by atoms with Crippen LogP contribution < -0.4 is 16.0 Å². The summed E-state index contributed by atoms with van der Waals surface area (Å²) in [7, 11) is 4.00. The highest BCUT2D eigenvalue weighted by molar-refractivity contribution is 5.83. The van der Waals surface area contributed by atoms with E-state index in [0.717, 1.165) is 41.3 Å². The number of aromatic nitrogens is 2. The normalized spacial score (nSPS) is 12.9. The van der Waals surface area contributed by atoms with E-state index in [4.69, 9.17) is 5.73 Å². The monoisotopic (exact) mass is 271 g/mol. The quantitative estimate of drug-likeness (QED) is 0.868. The third-order valence-electron chi connectivity index (χ3n) is 3.52. The molecule has 0 aliphatic carbocycles. The lowest BCUT2D eigenvalue weighted by Gasteiger charge is -2.12. The van der Waals surface area contributed by atoms with Crippen molar-refractivity contribution in [3.63, 3.8) is 0 Å². The molecule has 0 saturated heterocycles. The third kappa shape index (κ3) is 1.89. The third-order valence-corrected chi connectivity index (χ3v) is 3.52. The minimum Gasteiger partial charge on any atom is -0.378 e. The van der Waals surface area contributed by atoms with E-state index < -0.39 is 6.03 Å². The Morgan fingerprint density at radius 2 is 2.05 bits per heavy atom. The molecular formula is C14H17N5O. The topological polar surface area (TPSA) is 76.2 Å². The maximum absolute atomic E-state index is 11.4. The van der Waals surface area contributed by atoms with Crippen molar-refractivity contribution < 1.29 is 4.79 Å². The Hall–Kier alpha value is -2.50. The first-order chi connectivity index (χ1) is 9.58. The van der Waals surface area contributed by atoms with Gasteiger partial charge in [-0.2, -0.15) is 9.78 Å². The van der Waals surface area contributed by atoms with E-state index in [1.807, 2.05) is 43.3 Å². The molecule has 3 N–H and O–H groups in total. The maximum atomic E-state index is 11.4. The molecule has 0 atom stereocenters. The Labute approximate surface area is 117 Å². The predicted octanol–water partition coefficient (Wildman–Crippen LogP) is 1.51. The summed E-state index contributed by atoms with van der Waals surface area (Å²) in [4.78, 5) is 13.5. The predicted molar refractivity (Wildman–Crippen MR) is 79.2 cm³/mol. The SMILES string of the molecule is CN(C)c1ccc(-c2nn(C(N)=O)c3c2CCN3)cc1. The number of carbonyl (C=O) groups is 1. The van der Waals surface area contributed by atoms with Crippen LogP contribution in [0.5, 0.6) is 0 Å². The molecular weight excluding hydrogens is 254 g/mol. The average Bonchev–Trinajstić information content (AvgIpc) is 2.99. The first-order valence-electron chi connectivity index (χ1n) is 6.51. The van der Waals surface area contributed by atoms with Crippen molar-refractivity contribution in [1.29, 1.82) is 0 Å². The van der Waals surface area contributed by atoms with Crippen molar-refractivity contribution in [2.45, 2.75) is 6.42 Å². The van der Waals surface area contributed by atoms with Crippen LogP contribution in [0.3, 0.4) is 0 Å². The van der Waals surface area contributed by atoms with Gasteiger partial charge in [0.2, 0.25) is 0 Å². The highest BCUT2D eigenvalue weighted by Crippen LogP contribution is 2.33. The van der Waals surface area contributed by atoms with Crippen LogP contribution in [-0.4, -0.2) is 36.5 Å². The van der Waals surface area contributed by atoms with Crippen LogP contribution in [0.15, 0.2) is 24.3 Å². The van der Waals surface area contributed by atoms with Gasteiger partial charge in [0.1, 0.15) is 5.82 Å². The minimum atomic E-state index is -0.563. The van der Waals surface area contributed by atoms with Crippen molar-refractivity contribution in [3.05, 3.63) is 29.8 Å². The number of hydrogen-bond donors (Lipinski definition) is 2. The molecule has 0 spiro atoms. The van der Waals surface area contributed by atoms with Gasteiger partial charge < -0.3 is 16.0 Å². The van der Waals surface area contributed by atoms with Crippen LogP contribution in [0, 0.1) is 0 Å². The molecule has 0 fully saturated rings. The average molecular weight is 271 g/mol. The molecule has 1 aromatic heterocycles. The van der Waals surface area contributed by atoms with E-state index in [1.165, 1.54) is 4.68 Å². The van der Waals surface area contributed by atoms with Gasteiger partial charge in [0.25, 0.3) is 0 Å². The number of hydrogen-bond acceptors (Lipinski definition) is 4. The summed E-state index contributed by atoms with van der Waals surface area (Å²) in [6.07, 6.45) is 0.855. The highest BCUT2D eigenvalue weighted by Gasteiger charge is 2.24. The van der Waals surface area contributed by atoms with Gasteiger partial charge in [-0.1, -0.05) is 12.1 Å². The maximum Gasteiger partial charge on any atom is 0.341 e. The first-order valence-corrected chi connectivity index (χ1v) is 6.51. The standard InChI is InChI=1S/C14H17N5O/c1-18(2)10-5-3-9(4-6-10)12-11-7-8-16-13(11)19(17-12)14(15)20/h3-6,16H,7-8H2,1-2H3,(H2,15,20). The second kappa shape index (κ2) is 4.56. The van der Waals surface area contributed by atoms with Gasteiger partial charge in [-0.05, 0) is 18.6 Å². The fourth-order valence-electron chi connectivity index (χ4n) is 2.48. The van der Waals surface area contributed by atoms with E-state index in [0.29, 0.717) is 0 Å². The van der Waals surface area contributed by atoms with Crippen LogP contribution in [0.25, 0.3) is 11.3 Å². The number of carbonyl (C=O) groups excluding carboxylic acids is 1. The molecule has 0 unspecified atom stereocenters. The number of nitrogens with zero attached hydrogens (tertiary/aromatic N) is 3. The number of nitrogens with two attached hydrogens (primary N) is 1. The molecule has 20 heavy (non-hydrogen) atoms. The summed E-state index contributed by atoms with van der Waals surface area (Å²) in [5.41, 5.74) is 9.36. The molecule has 104 valence electrons. The summed E-state index contributed by atoms with van der Waals surface area (Å²) in [6, 6.07) is 7.54. The number of fused-ring (bicyclic) bond motifs is 1. The molecule has 0 saturated carbocycles. The van der Waals surface area contributed by atoms with Gasteiger partial charge in [0.15, 0.2) is 0 Å². The number of amides is 1. The number of primary amides is 1. The zero-order valence-electron chi connectivity index (χ0n) is 11.6. The summed E-state index contributed by atoms with van der Waals surface area (Å²) in [6.45, 7) is 0.809. The molecule has 2 aromatic rings. The summed E-state index contributed by atoms with van der Waals surface area (Å²) < 4.78 is 1.25. The lowest BCUT2D eigenvalue weighted by molar-refractivity contribution is 0.248. The van der Waals surface area contributed by atoms with E-state index >= 15 is 0 Å². The lowest BCUT2D eigenvalue weighted by Crippen LogP contribution is -2.22. The summed E-state index contributed by atoms with van der Waals surface area (Å²) >= 11 is 0. The van der Waals surface area contributed by atoms with Gasteiger partial charge in [-0.3, -0.25) is 0 Å². The van der Waals surface area contributed by atoms with Crippen molar-refractivity contribution in [2.75, 3.05) is 30.9 Å². The van der Waals surface area contributed by atoms with Crippen LogP contribution >= 0.6 is 0 Å². The Morgan fingerprint density at radius 1 is 1.35 bits per heavy atom. The van der Waals surface area contributed by atoms with Crippen LogP contribution in [-0.2, 0) is 6.42 Å². The zero-order valence-corrected chi connectivity index (χ0v) is 11.6. The second-order valence-corrected chi connectivity index (χ2v) is 5.04. The summed E-state index contributed by atoms with van der Waals surface area (Å²) in [5, 5.41) is 7.50. The molecule has 3 rings (SSSR count). The van der Waals surface area contributed by atoms with Gasteiger partial charge >= 0.3 is 6.03 Å². The smallest absolute Gasteiger partial charge is 0.341 e. The number of rotatable bonds is 2. The Kier molecular flexibility index (Phi) is 2.85. The molecule has 6 heteroatoms. The first kappa shape index (κ1) is 12.5. The molecule has 1 aliphatic rings. The molecule has 0 bridgehead atoms. The van der Waals surface area contributed by atoms with Gasteiger partial charge in [-0.25, -0.2) is 4.79 Å². The lowest BCUT2D eigenvalue weighted by atomic mass is 10.1. The van der Waals surface area contributed by atoms with Gasteiger partial charge in [0, 0.05) is 37.5 Å². The fourth-order valence-corrected chi connectivity index (χ4v) is 2.48. The number of anilines is 2. The Bertz CT molecular complexity index is 657. The van der Waals surface area contributed by atoms with Crippen LogP contribution in [0.4, 0.5) is 16.3 Å². The molecule has 6 nitrogen and oxygen atoms in total. The second-order valence-electron chi connectivity index (χ2n) is 5.04. The van der Waals surface area contributed by atoms with Gasteiger partial charge in [-0.15, -0.1) is 0 Å². The van der Waals surface area contributed by atoms with E-state index in [-0.39, 0.29) is 0 Å². The van der Waals surface area contributed by atoms with E-state index in [1.54, 1.807) is 0 Å². The molecule has 1 amide bonds. The molecule has 1 aromatic carbocycles. The van der Waals surface area contributed by atoms with Gasteiger partial charge in [0.05, 0.1) is 5.69 Å². The number of nitrogens with one attached hydrogen (secondary N) is 1. The van der Waals surface area contributed by atoms with Crippen LogP contribution in [0.1, 0.15) is 5.56 Å². The Morgan fingerprint density at radius 3 is 2.65 bits per heavy atom. The molecule has 0 radical (unpaired) electrons. The van der Waals surface area contributed by atoms with Crippen molar-refractivity contribution in [3.8, 4) is 11.3 Å². The fraction of sp³-hybridized carbons (Fsp3) is 0.286. The molecule has 1 aliphatic heterocycles. The van der Waals surface area contributed by atoms with Crippen molar-refractivity contribution >= 4 is 17.5 Å². The highest BCUT2D eigenvalue weighted by atomic mass is 16.2. The van der Waals surface area contributed by atoms with Crippen molar-refractivity contribution in [1.82, 2.24) is 9.78 Å². The number of benzene rings is 1. The summed E-state index contributed by atoms with van der Waals surface area (Å²) in [5.74, 6) is 0.726. The molecule has 2 heterocycles. The van der Waals surface area contributed by atoms with Crippen LogP contribution in [0.2, 0.25) is 0 Å². The largest absolute Gasteiger partial charge is 0.378 e. The Balaban J connectivity index is 2.06. The van der Waals surface area contributed by atoms with E-state index in [9.17, 15) is 4.79 Å². The van der Waals surface area contributed by atoms with E-state index in [2.05, 4.69) is 10.4 Å². The van der Waals surface area contributed by atoms with Crippen molar-refractivity contribution in [2.24, 2.45) is 5.73 Å².